The Morgan fingerprint density at radius 2 is 2.67 bits per heavy atom. The normalized spacial score (nSPS) is 32.9. The van der Waals surface area contributed by atoms with Gasteiger partial charge in [0, 0.05) is 19.0 Å². The van der Waals surface area contributed by atoms with Crippen LogP contribution in [0.15, 0.2) is 11.8 Å². The van der Waals surface area contributed by atoms with Crippen molar-refractivity contribution >= 4 is 0 Å². The highest BCUT2D eigenvalue weighted by atomic mass is 16.5. The fourth-order valence-electron chi connectivity index (χ4n) is 1.47. The third-order valence-electron chi connectivity index (χ3n) is 2.06. The number of nitrogens with one attached hydrogen (secondary N) is 1. The summed E-state index contributed by atoms with van der Waals surface area (Å²) < 4.78 is 5.18. The minimum atomic E-state index is 0.791. The van der Waals surface area contributed by atoms with Crippen LogP contribution in [0.2, 0.25) is 0 Å². The summed E-state index contributed by atoms with van der Waals surface area (Å²) in [7, 11) is 0. The van der Waals surface area contributed by atoms with Gasteiger partial charge in [0.1, 0.15) is 0 Å². The van der Waals surface area contributed by atoms with Crippen LogP contribution in [0.3, 0.4) is 0 Å². The van der Waals surface area contributed by atoms with E-state index in [1.165, 1.54) is 12.0 Å². The molecule has 2 aliphatic heterocycles. The van der Waals surface area contributed by atoms with Crippen molar-refractivity contribution in [2.75, 3.05) is 19.7 Å². The molecule has 1 N–H and O–H groups in total. The van der Waals surface area contributed by atoms with E-state index in [9.17, 15) is 0 Å². The van der Waals surface area contributed by atoms with Crippen molar-refractivity contribution in [2.45, 2.75) is 6.42 Å². The largest absolute Gasteiger partial charge is 0.501 e. The van der Waals surface area contributed by atoms with Crippen LogP contribution in [0.5, 0.6) is 0 Å². The molecule has 0 aromatic carbocycles. The van der Waals surface area contributed by atoms with Gasteiger partial charge in [0.25, 0.3) is 0 Å². The lowest BCUT2D eigenvalue weighted by atomic mass is 9.99. The predicted octanol–water partition coefficient (Wildman–Crippen LogP) is 0.510. The maximum Gasteiger partial charge on any atom is 0.0879 e. The molecular weight excluding hydrogens is 114 g/mol. The molecule has 2 heteroatoms. The van der Waals surface area contributed by atoms with Gasteiger partial charge < -0.3 is 10.1 Å². The molecule has 0 saturated carbocycles. The molecule has 0 amide bonds. The van der Waals surface area contributed by atoms with E-state index in [0.717, 1.165) is 25.6 Å². The minimum absolute atomic E-state index is 0.791. The van der Waals surface area contributed by atoms with Gasteiger partial charge in [-0.3, -0.25) is 0 Å². The summed E-state index contributed by atoms with van der Waals surface area (Å²) in [5, 5.41) is 3.32. The van der Waals surface area contributed by atoms with E-state index in [4.69, 9.17) is 4.74 Å². The first-order valence-electron chi connectivity index (χ1n) is 3.48. The Balaban J connectivity index is 2.16. The summed E-state index contributed by atoms with van der Waals surface area (Å²) in [4.78, 5) is 0. The molecule has 2 rings (SSSR count). The zero-order chi connectivity index (χ0) is 6.10. The van der Waals surface area contributed by atoms with Gasteiger partial charge in [-0.25, -0.2) is 0 Å². The molecule has 2 heterocycles. The standard InChI is InChI=1S/C7H11NO/c1-2-9-5-7-4-8-3-6(1)7/h5-6,8H,1-4H2. The number of ether oxygens (including phenoxy) is 1. The van der Waals surface area contributed by atoms with Crippen LogP contribution >= 0.6 is 0 Å². The van der Waals surface area contributed by atoms with E-state index in [1.54, 1.807) is 0 Å². The first-order valence-corrected chi connectivity index (χ1v) is 3.48. The highest BCUT2D eigenvalue weighted by molar-refractivity contribution is 5.13. The zero-order valence-electron chi connectivity index (χ0n) is 5.39. The lowest BCUT2D eigenvalue weighted by Gasteiger charge is -2.15. The van der Waals surface area contributed by atoms with Crippen molar-refractivity contribution in [3.8, 4) is 0 Å². The summed E-state index contributed by atoms with van der Waals surface area (Å²) in [6, 6.07) is 0. The van der Waals surface area contributed by atoms with Gasteiger partial charge in [0.15, 0.2) is 0 Å². The molecular formula is C7H11NO. The Bertz CT molecular complexity index is 142. The zero-order valence-corrected chi connectivity index (χ0v) is 5.39. The average molecular weight is 125 g/mol. The molecule has 0 aromatic heterocycles. The minimum Gasteiger partial charge on any atom is -0.501 e. The molecule has 1 saturated heterocycles. The molecule has 0 bridgehead atoms. The van der Waals surface area contributed by atoms with Crippen LogP contribution in [0.1, 0.15) is 6.42 Å². The lowest BCUT2D eigenvalue weighted by molar-refractivity contribution is 0.207. The lowest BCUT2D eigenvalue weighted by Crippen LogP contribution is -2.12. The molecule has 0 spiro atoms. The molecule has 2 aliphatic rings. The van der Waals surface area contributed by atoms with Gasteiger partial charge in [-0.2, -0.15) is 0 Å². The molecule has 1 atom stereocenters. The van der Waals surface area contributed by atoms with E-state index in [2.05, 4.69) is 5.32 Å². The number of rotatable bonds is 0. The quantitative estimate of drug-likeness (QED) is 0.509. The monoisotopic (exact) mass is 125 g/mol. The number of hydrogen-bond acceptors (Lipinski definition) is 2. The van der Waals surface area contributed by atoms with Gasteiger partial charge in [-0.15, -0.1) is 0 Å². The van der Waals surface area contributed by atoms with E-state index in [1.807, 2.05) is 6.26 Å². The smallest absolute Gasteiger partial charge is 0.0879 e. The Morgan fingerprint density at radius 1 is 1.67 bits per heavy atom. The highest BCUT2D eigenvalue weighted by Gasteiger charge is 2.22. The van der Waals surface area contributed by atoms with Crippen LogP contribution in [0.4, 0.5) is 0 Å². The van der Waals surface area contributed by atoms with Gasteiger partial charge in [0.05, 0.1) is 12.9 Å². The van der Waals surface area contributed by atoms with Crippen molar-refractivity contribution < 1.29 is 4.74 Å². The Morgan fingerprint density at radius 3 is 3.56 bits per heavy atom. The molecule has 50 valence electrons. The topological polar surface area (TPSA) is 21.3 Å². The van der Waals surface area contributed by atoms with E-state index in [-0.39, 0.29) is 0 Å². The average Bonchev–Trinajstić information content (AvgIpc) is 2.33. The molecule has 0 radical (unpaired) electrons. The van der Waals surface area contributed by atoms with Crippen molar-refractivity contribution in [3.63, 3.8) is 0 Å². The first kappa shape index (κ1) is 5.30. The van der Waals surface area contributed by atoms with Crippen molar-refractivity contribution in [1.82, 2.24) is 5.32 Å². The maximum atomic E-state index is 5.18. The molecule has 0 aliphatic carbocycles. The van der Waals surface area contributed by atoms with Gasteiger partial charge in [-0.1, -0.05) is 0 Å². The van der Waals surface area contributed by atoms with E-state index < -0.39 is 0 Å². The van der Waals surface area contributed by atoms with Gasteiger partial charge in [0.2, 0.25) is 0 Å². The van der Waals surface area contributed by atoms with Crippen molar-refractivity contribution in [2.24, 2.45) is 5.92 Å². The van der Waals surface area contributed by atoms with Gasteiger partial charge in [-0.05, 0) is 12.0 Å². The Labute approximate surface area is 54.9 Å². The fourth-order valence-corrected chi connectivity index (χ4v) is 1.47. The molecule has 0 aromatic rings. The second kappa shape index (κ2) is 2.03. The second-order valence-corrected chi connectivity index (χ2v) is 2.68. The van der Waals surface area contributed by atoms with E-state index >= 15 is 0 Å². The summed E-state index contributed by atoms with van der Waals surface area (Å²) in [5.74, 6) is 0.791. The highest BCUT2D eigenvalue weighted by Crippen LogP contribution is 2.22. The SMILES string of the molecule is C1=C2CNCC2CCO1. The van der Waals surface area contributed by atoms with E-state index in [0.29, 0.717) is 0 Å². The van der Waals surface area contributed by atoms with Crippen LogP contribution < -0.4 is 5.32 Å². The van der Waals surface area contributed by atoms with Crippen LogP contribution in [-0.4, -0.2) is 19.7 Å². The number of hydrogen-bond donors (Lipinski definition) is 1. The Hall–Kier alpha value is -0.500. The molecule has 1 fully saturated rings. The Kier molecular flexibility index (Phi) is 1.19. The van der Waals surface area contributed by atoms with Crippen LogP contribution in [0.25, 0.3) is 0 Å². The molecule has 1 unspecified atom stereocenters. The van der Waals surface area contributed by atoms with Crippen LogP contribution in [-0.2, 0) is 4.74 Å². The maximum absolute atomic E-state index is 5.18. The predicted molar refractivity (Wildman–Crippen MR) is 35.0 cm³/mol. The first-order chi connectivity index (χ1) is 4.47. The third kappa shape index (κ3) is 0.833. The summed E-state index contributed by atoms with van der Waals surface area (Å²) >= 11 is 0. The third-order valence-corrected chi connectivity index (χ3v) is 2.06. The van der Waals surface area contributed by atoms with Gasteiger partial charge >= 0.3 is 0 Å². The summed E-state index contributed by atoms with van der Waals surface area (Å²) in [6.07, 6.45) is 3.13. The van der Waals surface area contributed by atoms with Crippen molar-refractivity contribution in [3.05, 3.63) is 11.8 Å². The van der Waals surface area contributed by atoms with Crippen molar-refractivity contribution in [1.29, 1.82) is 0 Å². The summed E-state index contributed by atoms with van der Waals surface area (Å²) in [6.45, 7) is 3.12. The van der Waals surface area contributed by atoms with Crippen LogP contribution in [0, 0.1) is 5.92 Å². The second-order valence-electron chi connectivity index (χ2n) is 2.68. The number of fused-ring (bicyclic) bond motifs is 1. The molecule has 9 heavy (non-hydrogen) atoms. The fraction of sp³-hybridized carbons (Fsp3) is 0.714. The summed E-state index contributed by atoms with van der Waals surface area (Å²) in [5.41, 5.74) is 1.46. The molecule has 2 nitrogen and oxygen atoms in total.